The number of halogens is 1. The van der Waals surface area contributed by atoms with E-state index in [-0.39, 0.29) is 11.9 Å². The molecule has 0 radical (unpaired) electrons. The van der Waals surface area contributed by atoms with Crippen molar-refractivity contribution in [3.05, 3.63) is 40.5 Å². The molecule has 5 nitrogen and oxygen atoms in total. The molecule has 6 heteroatoms. The summed E-state index contributed by atoms with van der Waals surface area (Å²) >= 11 is 3.27. The lowest BCUT2D eigenvalue weighted by Crippen LogP contribution is -2.19. The average molecular weight is 296 g/mol. The minimum Gasteiger partial charge on any atom is -0.337 e. The van der Waals surface area contributed by atoms with Gasteiger partial charge >= 0.3 is 6.03 Å². The predicted molar refractivity (Wildman–Crippen MR) is 68.0 cm³/mol. The van der Waals surface area contributed by atoms with Crippen molar-refractivity contribution in [2.24, 2.45) is 0 Å². The van der Waals surface area contributed by atoms with Crippen LogP contribution >= 0.6 is 15.9 Å². The van der Waals surface area contributed by atoms with Crippen LogP contribution in [0.5, 0.6) is 0 Å². The Bertz CT molecular complexity index is 525. The van der Waals surface area contributed by atoms with Gasteiger partial charge in [-0.1, -0.05) is 23.4 Å². The molecule has 0 saturated carbocycles. The summed E-state index contributed by atoms with van der Waals surface area (Å²) in [6.07, 6.45) is 0. The maximum Gasteiger partial charge on any atom is 0.326 e. The first-order valence-electron chi connectivity index (χ1n) is 4.91. The van der Waals surface area contributed by atoms with Crippen LogP contribution in [0.1, 0.15) is 5.69 Å². The van der Waals surface area contributed by atoms with E-state index in [1.165, 1.54) is 0 Å². The minimum atomic E-state index is -0.381. The van der Waals surface area contributed by atoms with Crippen LogP contribution in [0.4, 0.5) is 16.4 Å². The molecule has 0 unspecified atom stereocenters. The molecule has 88 valence electrons. The van der Waals surface area contributed by atoms with Gasteiger partial charge in [-0.2, -0.15) is 0 Å². The van der Waals surface area contributed by atoms with E-state index in [9.17, 15) is 4.79 Å². The lowest BCUT2D eigenvalue weighted by atomic mass is 10.3. The van der Waals surface area contributed by atoms with Crippen molar-refractivity contribution in [3.8, 4) is 0 Å². The normalized spacial score (nSPS) is 10.0. The highest BCUT2D eigenvalue weighted by Gasteiger charge is 2.12. The second-order valence-corrected chi connectivity index (χ2v) is 4.15. The molecule has 0 aliphatic heterocycles. The lowest BCUT2D eigenvalue weighted by Gasteiger charge is -2.04. The molecule has 1 heterocycles. The van der Waals surface area contributed by atoms with Crippen LogP contribution < -0.4 is 10.6 Å². The Balaban J connectivity index is 2.01. The van der Waals surface area contributed by atoms with E-state index in [0.29, 0.717) is 15.9 Å². The van der Waals surface area contributed by atoms with Gasteiger partial charge < -0.3 is 9.84 Å². The molecule has 0 aliphatic carbocycles. The molecule has 0 saturated heterocycles. The van der Waals surface area contributed by atoms with Crippen LogP contribution in [0, 0.1) is 6.92 Å². The van der Waals surface area contributed by atoms with Crippen molar-refractivity contribution in [2.45, 2.75) is 6.92 Å². The number of anilines is 2. The van der Waals surface area contributed by atoms with Crippen molar-refractivity contribution in [1.29, 1.82) is 0 Å². The molecule has 1 aromatic heterocycles. The maximum atomic E-state index is 11.6. The number of benzene rings is 1. The van der Waals surface area contributed by atoms with Gasteiger partial charge in [-0.3, -0.25) is 5.32 Å². The van der Waals surface area contributed by atoms with E-state index >= 15 is 0 Å². The quantitative estimate of drug-likeness (QED) is 0.892. The van der Waals surface area contributed by atoms with Gasteiger partial charge in [0.25, 0.3) is 0 Å². The van der Waals surface area contributed by atoms with Crippen LogP contribution in [0.15, 0.2) is 39.3 Å². The van der Waals surface area contributed by atoms with Gasteiger partial charge in [0.2, 0.25) is 5.88 Å². The molecule has 0 atom stereocenters. The molecule has 2 N–H and O–H groups in total. The average Bonchev–Trinajstić information content (AvgIpc) is 2.62. The largest absolute Gasteiger partial charge is 0.337 e. The zero-order valence-corrected chi connectivity index (χ0v) is 10.6. The zero-order chi connectivity index (χ0) is 12.3. The Labute approximate surface area is 106 Å². The summed E-state index contributed by atoms with van der Waals surface area (Å²) < 4.78 is 5.57. The Kier molecular flexibility index (Phi) is 3.43. The number of rotatable bonds is 2. The van der Waals surface area contributed by atoms with Gasteiger partial charge in [0.1, 0.15) is 4.47 Å². The smallest absolute Gasteiger partial charge is 0.326 e. The number of nitrogens with one attached hydrogen (secondary N) is 2. The molecule has 0 fully saturated rings. The molecule has 0 aliphatic rings. The van der Waals surface area contributed by atoms with Gasteiger partial charge in [0, 0.05) is 5.69 Å². The topological polar surface area (TPSA) is 67.2 Å². The SMILES string of the molecule is Cc1noc(NC(=O)Nc2ccccc2)c1Br. The number of hydrogen-bond acceptors (Lipinski definition) is 3. The summed E-state index contributed by atoms with van der Waals surface area (Å²) in [6.45, 7) is 1.77. The van der Waals surface area contributed by atoms with Crippen molar-refractivity contribution in [1.82, 2.24) is 5.16 Å². The first-order chi connectivity index (χ1) is 8.16. The third-order valence-electron chi connectivity index (χ3n) is 2.05. The highest BCUT2D eigenvalue weighted by Crippen LogP contribution is 2.25. The van der Waals surface area contributed by atoms with Gasteiger partial charge in [-0.05, 0) is 35.0 Å². The molecule has 2 amide bonds. The van der Waals surface area contributed by atoms with Crippen LogP contribution in [-0.2, 0) is 0 Å². The summed E-state index contributed by atoms with van der Waals surface area (Å²) in [6, 6.07) is 8.75. The summed E-state index contributed by atoms with van der Waals surface area (Å²) in [5.41, 5.74) is 1.39. The number of carbonyl (C=O) groups is 1. The maximum absolute atomic E-state index is 11.6. The van der Waals surface area contributed by atoms with Crippen LogP contribution in [0.2, 0.25) is 0 Å². The standard InChI is InChI=1S/C11H10BrN3O2/c1-7-9(12)10(17-15-7)14-11(16)13-8-5-3-2-4-6-8/h2-6H,1H3,(H2,13,14,16). The minimum absolute atomic E-state index is 0.288. The van der Waals surface area contributed by atoms with E-state index in [1.54, 1.807) is 19.1 Å². The van der Waals surface area contributed by atoms with Crippen LogP contribution in [0.25, 0.3) is 0 Å². The fraction of sp³-hybridized carbons (Fsp3) is 0.0909. The molecule has 17 heavy (non-hydrogen) atoms. The third kappa shape index (κ3) is 2.85. The molecule has 0 bridgehead atoms. The number of nitrogens with zero attached hydrogens (tertiary/aromatic N) is 1. The van der Waals surface area contributed by atoms with Crippen molar-refractivity contribution >= 4 is 33.5 Å². The van der Waals surface area contributed by atoms with E-state index in [1.807, 2.05) is 18.2 Å². The van der Waals surface area contributed by atoms with E-state index < -0.39 is 0 Å². The Morgan fingerprint density at radius 3 is 2.59 bits per heavy atom. The summed E-state index contributed by atoms with van der Waals surface area (Å²) in [5, 5.41) is 8.93. The molecular weight excluding hydrogens is 286 g/mol. The highest BCUT2D eigenvalue weighted by molar-refractivity contribution is 9.10. The zero-order valence-electron chi connectivity index (χ0n) is 9.03. The number of aromatic nitrogens is 1. The summed E-state index contributed by atoms with van der Waals surface area (Å²) in [4.78, 5) is 11.6. The number of urea groups is 1. The number of aryl methyl sites for hydroxylation is 1. The van der Waals surface area contributed by atoms with E-state index in [0.717, 1.165) is 0 Å². The van der Waals surface area contributed by atoms with Gasteiger partial charge in [0.15, 0.2) is 0 Å². The monoisotopic (exact) mass is 295 g/mol. The molecule has 1 aromatic carbocycles. The fourth-order valence-corrected chi connectivity index (χ4v) is 1.47. The predicted octanol–water partition coefficient (Wildman–Crippen LogP) is 3.39. The second-order valence-electron chi connectivity index (χ2n) is 3.36. The number of amides is 2. The Morgan fingerprint density at radius 1 is 1.29 bits per heavy atom. The summed E-state index contributed by atoms with van der Waals surface area (Å²) in [7, 11) is 0. The summed E-state index contributed by atoms with van der Waals surface area (Å²) in [5.74, 6) is 0.288. The van der Waals surface area contributed by atoms with Crippen LogP contribution in [0.3, 0.4) is 0 Å². The molecule has 2 aromatic rings. The van der Waals surface area contributed by atoms with E-state index in [4.69, 9.17) is 4.52 Å². The van der Waals surface area contributed by atoms with Crippen molar-refractivity contribution in [3.63, 3.8) is 0 Å². The first kappa shape index (κ1) is 11.7. The van der Waals surface area contributed by atoms with Crippen LogP contribution in [-0.4, -0.2) is 11.2 Å². The van der Waals surface area contributed by atoms with Crippen molar-refractivity contribution < 1.29 is 9.32 Å². The van der Waals surface area contributed by atoms with Crippen molar-refractivity contribution in [2.75, 3.05) is 10.6 Å². The van der Waals surface area contributed by atoms with E-state index in [2.05, 4.69) is 31.7 Å². The third-order valence-corrected chi connectivity index (χ3v) is 2.98. The second kappa shape index (κ2) is 5.01. The molecule has 2 rings (SSSR count). The first-order valence-corrected chi connectivity index (χ1v) is 5.71. The van der Waals surface area contributed by atoms with Gasteiger partial charge in [-0.15, -0.1) is 0 Å². The highest BCUT2D eigenvalue weighted by atomic mass is 79.9. The van der Waals surface area contributed by atoms with Gasteiger partial charge in [-0.25, -0.2) is 4.79 Å². The Hall–Kier alpha value is -1.82. The Morgan fingerprint density at radius 2 is 2.00 bits per heavy atom. The van der Waals surface area contributed by atoms with Gasteiger partial charge in [0.05, 0.1) is 5.69 Å². The number of para-hydroxylation sites is 1. The number of carbonyl (C=O) groups excluding carboxylic acids is 1. The molecular formula is C11H10BrN3O2. The molecule has 0 spiro atoms. The fourth-order valence-electron chi connectivity index (χ4n) is 1.22. The lowest BCUT2D eigenvalue weighted by molar-refractivity contribution is 0.261. The number of hydrogen-bond donors (Lipinski definition) is 2.